The highest BCUT2D eigenvalue weighted by molar-refractivity contribution is 7.13. The first-order valence-electron chi connectivity index (χ1n) is 9.24. The summed E-state index contributed by atoms with van der Waals surface area (Å²) in [5.41, 5.74) is 3.61. The molecule has 0 aliphatic rings. The third-order valence-electron chi connectivity index (χ3n) is 4.52. The number of methoxy groups -OCH3 is 1. The Balaban J connectivity index is 1.61. The Bertz CT molecular complexity index is 1110. The van der Waals surface area contributed by atoms with Gasteiger partial charge in [0.05, 0.1) is 18.5 Å². The van der Waals surface area contributed by atoms with E-state index < -0.39 is 0 Å². The molecule has 0 bridgehead atoms. The standard InChI is InChI=1S/C24H20N2O2S/c1-28-21-12-9-19(10-13-21)22(27)14-11-20-17-26(16-18-6-3-2-4-7-18)25-24(20)23-8-5-15-29-23/h2-15,17H,16H2,1H3/b14-11+. The maximum Gasteiger partial charge on any atom is 0.185 e. The average Bonchev–Trinajstić information content (AvgIpc) is 3.42. The molecule has 2 aromatic carbocycles. The molecular weight excluding hydrogens is 380 g/mol. The molecule has 0 aliphatic carbocycles. The molecule has 4 nitrogen and oxygen atoms in total. The number of hydrogen-bond donors (Lipinski definition) is 0. The monoisotopic (exact) mass is 400 g/mol. The third-order valence-corrected chi connectivity index (χ3v) is 5.40. The van der Waals surface area contributed by atoms with E-state index in [4.69, 9.17) is 9.84 Å². The molecule has 4 aromatic rings. The van der Waals surface area contributed by atoms with Crippen LogP contribution in [0.5, 0.6) is 5.75 Å². The van der Waals surface area contributed by atoms with Crippen LogP contribution in [0, 0.1) is 0 Å². The Kier molecular flexibility index (Phi) is 5.68. The SMILES string of the molecule is COc1ccc(C(=O)/C=C/c2cn(Cc3ccccc3)nc2-c2cccs2)cc1. The van der Waals surface area contributed by atoms with Crippen LogP contribution in [0.3, 0.4) is 0 Å². The van der Waals surface area contributed by atoms with Crippen molar-refractivity contribution in [3.05, 3.63) is 101 Å². The van der Waals surface area contributed by atoms with Gasteiger partial charge in [0.25, 0.3) is 0 Å². The van der Waals surface area contributed by atoms with Gasteiger partial charge in [-0.1, -0.05) is 36.4 Å². The summed E-state index contributed by atoms with van der Waals surface area (Å²) in [7, 11) is 1.61. The van der Waals surface area contributed by atoms with Gasteiger partial charge in [-0.15, -0.1) is 11.3 Å². The van der Waals surface area contributed by atoms with E-state index in [1.165, 1.54) is 5.56 Å². The zero-order valence-corrected chi connectivity index (χ0v) is 16.8. The van der Waals surface area contributed by atoms with Crippen molar-refractivity contribution >= 4 is 23.2 Å². The van der Waals surface area contributed by atoms with Gasteiger partial charge in [-0.25, -0.2) is 0 Å². The Morgan fingerprint density at radius 3 is 2.55 bits per heavy atom. The van der Waals surface area contributed by atoms with Crippen molar-refractivity contribution in [3.63, 3.8) is 0 Å². The van der Waals surface area contributed by atoms with Crippen LogP contribution >= 0.6 is 11.3 Å². The molecule has 0 unspecified atom stereocenters. The number of nitrogens with zero attached hydrogens (tertiary/aromatic N) is 2. The topological polar surface area (TPSA) is 44.1 Å². The highest BCUT2D eigenvalue weighted by atomic mass is 32.1. The lowest BCUT2D eigenvalue weighted by molar-refractivity contribution is 0.104. The second-order valence-electron chi connectivity index (χ2n) is 6.52. The van der Waals surface area contributed by atoms with E-state index in [2.05, 4.69) is 12.1 Å². The van der Waals surface area contributed by atoms with Crippen LogP contribution in [0.15, 0.2) is 84.4 Å². The Morgan fingerprint density at radius 1 is 1.07 bits per heavy atom. The lowest BCUT2D eigenvalue weighted by Gasteiger charge is -2.00. The van der Waals surface area contributed by atoms with E-state index in [-0.39, 0.29) is 5.78 Å². The van der Waals surface area contributed by atoms with E-state index in [9.17, 15) is 4.79 Å². The lowest BCUT2D eigenvalue weighted by Crippen LogP contribution is -1.99. The van der Waals surface area contributed by atoms with E-state index in [1.54, 1.807) is 48.8 Å². The Morgan fingerprint density at radius 2 is 1.86 bits per heavy atom. The molecule has 4 rings (SSSR count). The molecule has 0 fully saturated rings. The Labute approximate surface area is 173 Å². The minimum Gasteiger partial charge on any atom is -0.497 e. The molecule has 0 aliphatic heterocycles. The number of benzene rings is 2. The van der Waals surface area contributed by atoms with Gasteiger partial charge in [-0.3, -0.25) is 9.48 Å². The molecular formula is C24H20N2O2S. The predicted octanol–water partition coefficient (Wildman–Crippen LogP) is 5.56. The summed E-state index contributed by atoms with van der Waals surface area (Å²) < 4.78 is 7.07. The lowest BCUT2D eigenvalue weighted by atomic mass is 10.1. The molecule has 0 radical (unpaired) electrons. The average molecular weight is 401 g/mol. The molecule has 2 aromatic heterocycles. The summed E-state index contributed by atoms with van der Waals surface area (Å²) in [5.74, 6) is 0.674. The van der Waals surface area contributed by atoms with Gasteiger partial charge in [-0.05, 0) is 53.4 Å². The van der Waals surface area contributed by atoms with Crippen LogP contribution in [-0.2, 0) is 6.54 Å². The van der Waals surface area contributed by atoms with Crippen LogP contribution in [0.2, 0.25) is 0 Å². The van der Waals surface area contributed by atoms with Gasteiger partial charge in [0.15, 0.2) is 5.78 Å². The second kappa shape index (κ2) is 8.71. The molecule has 144 valence electrons. The minimum absolute atomic E-state index is 0.0550. The normalized spacial score (nSPS) is 11.1. The summed E-state index contributed by atoms with van der Waals surface area (Å²) in [6.45, 7) is 0.680. The van der Waals surface area contributed by atoms with E-state index >= 15 is 0 Å². The van der Waals surface area contributed by atoms with Crippen molar-refractivity contribution in [2.24, 2.45) is 0 Å². The Hall–Kier alpha value is -3.44. The van der Waals surface area contributed by atoms with Crippen molar-refractivity contribution in [2.45, 2.75) is 6.54 Å². The van der Waals surface area contributed by atoms with Crippen LogP contribution in [-0.4, -0.2) is 22.7 Å². The maximum absolute atomic E-state index is 12.6. The van der Waals surface area contributed by atoms with Crippen LogP contribution in [0.25, 0.3) is 16.6 Å². The summed E-state index contributed by atoms with van der Waals surface area (Å²) in [5, 5.41) is 6.80. The zero-order chi connectivity index (χ0) is 20.1. The fraction of sp³-hybridized carbons (Fsp3) is 0.0833. The number of carbonyl (C=O) groups is 1. The van der Waals surface area contributed by atoms with Gasteiger partial charge in [0.2, 0.25) is 0 Å². The fourth-order valence-corrected chi connectivity index (χ4v) is 3.76. The van der Waals surface area contributed by atoms with Crippen molar-refractivity contribution in [2.75, 3.05) is 7.11 Å². The van der Waals surface area contributed by atoms with Crippen molar-refractivity contribution in [1.82, 2.24) is 9.78 Å². The third kappa shape index (κ3) is 4.52. The predicted molar refractivity (Wildman–Crippen MR) is 117 cm³/mol. The number of carbonyl (C=O) groups excluding carboxylic acids is 1. The molecule has 0 atom stereocenters. The van der Waals surface area contributed by atoms with Crippen LogP contribution < -0.4 is 4.74 Å². The summed E-state index contributed by atoms with van der Waals surface area (Å²) >= 11 is 1.64. The molecule has 0 saturated heterocycles. The van der Waals surface area contributed by atoms with Gasteiger partial charge < -0.3 is 4.74 Å². The number of allylic oxidation sites excluding steroid dienone is 1. The highest BCUT2D eigenvalue weighted by Crippen LogP contribution is 2.28. The molecule has 5 heteroatoms. The van der Waals surface area contributed by atoms with Gasteiger partial charge >= 0.3 is 0 Å². The second-order valence-corrected chi connectivity index (χ2v) is 7.47. The van der Waals surface area contributed by atoms with Crippen molar-refractivity contribution in [1.29, 1.82) is 0 Å². The smallest absolute Gasteiger partial charge is 0.185 e. The number of ether oxygens (including phenoxy) is 1. The molecule has 2 heterocycles. The first kappa shape index (κ1) is 18.9. The number of aromatic nitrogens is 2. The summed E-state index contributed by atoms with van der Waals surface area (Å²) in [6, 6.07) is 21.4. The van der Waals surface area contributed by atoms with E-state index in [1.807, 2.05) is 52.7 Å². The quantitative estimate of drug-likeness (QED) is 0.301. The van der Waals surface area contributed by atoms with Crippen molar-refractivity contribution in [3.8, 4) is 16.3 Å². The van der Waals surface area contributed by atoms with E-state index in [0.29, 0.717) is 12.1 Å². The molecule has 0 spiro atoms. The number of rotatable bonds is 7. The first-order chi connectivity index (χ1) is 14.2. The highest BCUT2D eigenvalue weighted by Gasteiger charge is 2.11. The molecule has 29 heavy (non-hydrogen) atoms. The summed E-state index contributed by atoms with van der Waals surface area (Å²) in [6.07, 6.45) is 5.43. The molecule has 0 N–H and O–H groups in total. The fourth-order valence-electron chi connectivity index (χ4n) is 3.03. The number of thiophene rings is 1. The van der Waals surface area contributed by atoms with Crippen LogP contribution in [0.1, 0.15) is 21.5 Å². The molecule has 0 saturated carbocycles. The van der Waals surface area contributed by atoms with Gasteiger partial charge in [-0.2, -0.15) is 5.10 Å². The zero-order valence-electron chi connectivity index (χ0n) is 16.0. The van der Waals surface area contributed by atoms with Gasteiger partial charge in [0.1, 0.15) is 11.4 Å². The largest absolute Gasteiger partial charge is 0.497 e. The van der Waals surface area contributed by atoms with Crippen molar-refractivity contribution < 1.29 is 9.53 Å². The summed E-state index contributed by atoms with van der Waals surface area (Å²) in [4.78, 5) is 13.6. The number of ketones is 1. The molecule has 0 amide bonds. The van der Waals surface area contributed by atoms with E-state index in [0.717, 1.165) is 21.9 Å². The van der Waals surface area contributed by atoms with Gasteiger partial charge in [0, 0.05) is 17.3 Å². The minimum atomic E-state index is -0.0550. The van der Waals surface area contributed by atoms with Crippen LogP contribution in [0.4, 0.5) is 0 Å². The maximum atomic E-state index is 12.6. The first-order valence-corrected chi connectivity index (χ1v) is 10.1. The number of hydrogen-bond acceptors (Lipinski definition) is 4.